The van der Waals surface area contributed by atoms with Gasteiger partial charge in [-0.15, -0.1) is 0 Å². The van der Waals surface area contributed by atoms with E-state index in [2.05, 4.69) is 5.32 Å². The Hall–Kier alpha value is -3.15. The first-order valence-electron chi connectivity index (χ1n) is 9.71. The lowest BCUT2D eigenvalue weighted by atomic mass is 10.0. The van der Waals surface area contributed by atoms with Crippen molar-refractivity contribution in [1.29, 1.82) is 0 Å². The van der Waals surface area contributed by atoms with Crippen molar-refractivity contribution in [2.75, 3.05) is 37.7 Å². The first-order chi connectivity index (χ1) is 14.7. The zero-order valence-electron chi connectivity index (χ0n) is 16.3. The maximum atomic E-state index is 13.4. The number of carbonyl (C=O) groups excluding carboxylic acids is 2. The summed E-state index contributed by atoms with van der Waals surface area (Å²) in [6, 6.07) is 3.66. The molecule has 12 heteroatoms. The Kier molecular flexibility index (Phi) is 5.33. The van der Waals surface area contributed by atoms with Crippen LogP contribution >= 0.6 is 0 Å². The van der Waals surface area contributed by atoms with E-state index in [9.17, 15) is 32.9 Å². The number of amides is 2. The van der Waals surface area contributed by atoms with Crippen molar-refractivity contribution in [3.05, 3.63) is 39.6 Å². The molecule has 31 heavy (non-hydrogen) atoms. The molecule has 0 spiro atoms. The summed E-state index contributed by atoms with van der Waals surface area (Å²) in [5.41, 5.74) is 1.47. The van der Waals surface area contributed by atoms with Gasteiger partial charge in [0, 0.05) is 43.4 Å². The Balaban J connectivity index is 1.65. The molecule has 3 aliphatic rings. The van der Waals surface area contributed by atoms with E-state index < -0.39 is 23.0 Å². The Morgan fingerprint density at radius 3 is 2.55 bits per heavy atom. The molecule has 3 aliphatic heterocycles. The van der Waals surface area contributed by atoms with E-state index >= 15 is 0 Å². The molecule has 0 atom stereocenters. The van der Waals surface area contributed by atoms with Crippen LogP contribution in [0, 0.1) is 10.1 Å². The molecule has 4 rings (SSSR count). The number of hydrogen-bond acceptors (Lipinski definition) is 6. The minimum atomic E-state index is -4.94. The second kappa shape index (κ2) is 7.84. The minimum Gasteiger partial charge on any atom is -0.383 e. The Morgan fingerprint density at radius 1 is 1.26 bits per heavy atom. The molecule has 2 saturated heterocycles. The van der Waals surface area contributed by atoms with E-state index in [4.69, 9.17) is 4.74 Å². The summed E-state index contributed by atoms with van der Waals surface area (Å²) in [7, 11) is 0. The van der Waals surface area contributed by atoms with Gasteiger partial charge in [-0.2, -0.15) is 13.2 Å². The van der Waals surface area contributed by atoms with Crippen LogP contribution in [0.15, 0.2) is 23.9 Å². The smallest absolute Gasteiger partial charge is 0.383 e. The van der Waals surface area contributed by atoms with Crippen LogP contribution in [0.25, 0.3) is 5.57 Å². The third kappa shape index (κ3) is 3.82. The summed E-state index contributed by atoms with van der Waals surface area (Å²) in [4.78, 5) is 37.8. The number of non-ortho nitro benzene ring substituents is 1. The van der Waals surface area contributed by atoms with E-state index in [1.54, 1.807) is 0 Å². The van der Waals surface area contributed by atoms with Crippen LogP contribution in [0.3, 0.4) is 0 Å². The van der Waals surface area contributed by atoms with Crippen LogP contribution in [0.5, 0.6) is 0 Å². The molecule has 2 fully saturated rings. The summed E-state index contributed by atoms with van der Waals surface area (Å²) in [5.74, 6) is -2.27. The summed E-state index contributed by atoms with van der Waals surface area (Å²) < 4.78 is 43.6. The Labute approximate surface area is 174 Å². The number of fused-ring (bicyclic) bond motifs is 1. The lowest BCUT2D eigenvalue weighted by molar-refractivity contribution is -0.384. The van der Waals surface area contributed by atoms with E-state index in [0.717, 1.165) is 4.90 Å². The number of nitro benzene ring substituents is 1. The van der Waals surface area contributed by atoms with Crippen LogP contribution in [0.2, 0.25) is 0 Å². The zero-order chi connectivity index (χ0) is 22.3. The van der Waals surface area contributed by atoms with Crippen molar-refractivity contribution >= 4 is 28.8 Å². The molecule has 0 unspecified atom stereocenters. The molecule has 166 valence electrons. The number of nitro groups is 1. The molecule has 0 radical (unpaired) electrons. The first-order valence-corrected chi connectivity index (χ1v) is 9.71. The number of benzene rings is 1. The summed E-state index contributed by atoms with van der Waals surface area (Å²) >= 11 is 0. The van der Waals surface area contributed by atoms with Gasteiger partial charge < -0.3 is 19.9 Å². The number of likely N-dealkylation sites (tertiary alicyclic amines) is 1. The quantitative estimate of drug-likeness (QED) is 0.427. The van der Waals surface area contributed by atoms with Crippen LogP contribution in [0.4, 0.5) is 24.5 Å². The second-order valence-corrected chi connectivity index (χ2v) is 7.49. The summed E-state index contributed by atoms with van der Waals surface area (Å²) in [6.45, 7) is 0.816. The van der Waals surface area contributed by atoms with Gasteiger partial charge in [0.15, 0.2) is 0 Å². The molecule has 1 N–H and O–H groups in total. The SMILES string of the molecule is O=C1/C(=C2/COCCN2)c2cc([N+](=O)[O-])ccc2N1C1CCN(C(=O)C(F)(F)F)CC1. The number of nitrogens with one attached hydrogen (secondary N) is 1. The number of carbonyl (C=O) groups is 2. The molecule has 2 amide bonds. The van der Waals surface area contributed by atoms with Gasteiger partial charge >= 0.3 is 12.1 Å². The van der Waals surface area contributed by atoms with Crippen molar-refractivity contribution in [2.24, 2.45) is 0 Å². The molecular weight excluding hydrogens is 421 g/mol. The third-order valence-corrected chi connectivity index (χ3v) is 5.64. The van der Waals surface area contributed by atoms with Crippen LogP contribution < -0.4 is 10.2 Å². The molecule has 1 aromatic rings. The number of anilines is 1. The minimum absolute atomic E-state index is 0.137. The van der Waals surface area contributed by atoms with Crippen molar-refractivity contribution in [2.45, 2.75) is 25.1 Å². The van der Waals surface area contributed by atoms with E-state index in [-0.39, 0.29) is 49.7 Å². The highest BCUT2D eigenvalue weighted by atomic mass is 19.4. The number of ether oxygens (including phenoxy) is 1. The zero-order valence-corrected chi connectivity index (χ0v) is 16.3. The van der Waals surface area contributed by atoms with Gasteiger partial charge in [0.25, 0.3) is 11.6 Å². The number of morpholine rings is 1. The van der Waals surface area contributed by atoms with Crippen LogP contribution in [0.1, 0.15) is 18.4 Å². The molecule has 0 bridgehead atoms. The molecule has 0 aromatic heterocycles. The van der Waals surface area contributed by atoms with E-state index in [1.807, 2.05) is 0 Å². The predicted octanol–water partition coefficient (Wildman–Crippen LogP) is 1.83. The second-order valence-electron chi connectivity index (χ2n) is 7.49. The number of alkyl halides is 3. The monoisotopic (exact) mass is 440 g/mol. The van der Waals surface area contributed by atoms with Gasteiger partial charge in [0.1, 0.15) is 0 Å². The van der Waals surface area contributed by atoms with Gasteiger partial charge in [-0.05, 0) is 18.9 Å². The fraction of sp³-hybridized carbons (Fsp3) is 0.474. The standard InChI is InChI=1S/C19H19F3N4O5/c20-19(21,22)18(28)24-6-3-11(4-7-24)25-15-2-1-12(26(29)30)9-13(15)16(17(25)27)14-10-31-8-5-23-14/h1-2,9,11,23H,3-8,10H2/b16-14-. The molecule has 0 saturated carbocycles. The Bertz CT molecular complexity index is 962. The fourth-order valence-electron chi connectivity index (χ4n) is 4.21. The lowest BCUT2D eigenvalue weighted by Gasteiger charge is -2.37. The molecule has 1 aromatic carbocycles. The van der Waals surface area contributed by atoms with Gasteiger partial charge in [0.05, 0.1) is 35.1 Å². The average molecular weight is 440 g/mol. The molecule has 0 aliphatic carbocycles. The molecule has 9 nitrogen and oxygen atoms in total. The van der Waals surface area contributed by atoms with Crippen molar-refractivity contribution in [1.82, 2.24) is 10.2 Å². The number of piperidine rings is 1. The fourth-order valence-corrected chi connectivity index (χ4v) is 4.21. The largest absolute Gasteiger partial charge is 0.471 e. The number of halogens is 3. The van der Waals surface area contributed by atoms with Crippen LogP contribution in [-0.4, -0.2) is 66.7 Å². The maximum absolute atomic E-state index is 13.4. The van der Waals surface area contributed by atoms with E-state index in [1.165, 1.54) is 23.1 Å². The molecule has 3 heterocycles. The highest BCUT2D eigenvalue weighted by Gasteiger charge is 2.45. The third-order valence-electron chi connectivity index (χ3n) is 5.64. The Morgan fingerprint density at radius 2 is 1.97 bits per heavy atom. The summed E-state index contributed by atoms with van der Waals surface area (Å²) in [6.07, 6.45) is -4.61. The van der Waals surface area contributed by atoms with Gasteiger partial charge in [0.2, 0.25) is 0 Å². The predicted molar refractivity (Wildman–Crippen MR) is 102 cm³/mol. The van der Waals surface area contributed by atoms with Gasteiger partial charge in [-0.1, -0.05) is 0 Å². The number of rotatable bonds is 2. The highest BCUT2D eigenvalue weighted by Crippen LogP contribution is 2.43. The first kappa shape index (κ1) is 21.1. The number of hydrogen-bond donors (Lipinski definition) is 1. The van der Waals surface area contributed by atoms with Crippen molar-refractivity contribution in [3.63, 3.8) is 0 Å². The molecular formula is C19H19F3N4O5. The van der Waals surface area contributed by atoms with Gasteiger partial charge in [-0.3, -0.25) is 19.7 Å². The average Bonchev–Trinajstić information content (AvgIpc) is 3.04. The maximum Gasteiger partial charge on any atom is 0.471 e. The van der Waals surface area contributed by atoms with Crippen molar-refractivity contribution in [3.8, 4) is 0 Å². The lowest BCUT2D eigenvalue weighted by Crippen LogP contribution is -2.51. The topological polar surface area (TPSA) is 105 Å². The summed E-state index contributed by atoms with van der Waals surface area (Å²) in [5, 5.41) is 14.4. The normalized spacial score (nSPS) is 22.4. The van der Waals surface area contributed by atoms with Gasteiger partial charge in [-0.25, -0.2) is 0 Å². The van der Waals surface area contributed by atoms with E-state index in [0.29, 0.717) is 30.1 Å². The number of nitrogens with zero attached hydrogens (tertiary/aromatic N) is 3. The highest BCUT2D eigenvalue weighted by molar-refractivity contribution is 6.33. The van der Waals surface area contributed by atoms with Crippen LogP contribution in [-0.2, 0) is 14.3 Å². The van der Waals surface area contributed by atoms with Crippen molar-refractivity contribution < 1.29 is 32.4 Å².